The van der Waals surface area contributed by atoms with Gasteiger partial charge in [0.15, 0.2) is 5.78 Å². The van der Waals surface area contributed by atoms with E-state index in [4.69, 9.17) is 0 Å². The van der Waals surface area contributed by atoms with Gasteiger partial charge in [-0.2, -0.15) is 0 Å². The molecule has 0 amide bonds. The molecule has 30 heavy (non-hydrogen) atoms. The van der Waals surface area contributed by atoms with Gasteiger partial charge >= 0.3 is 0 Å². The fraction of sp³-hybridized carbons (Fsp3) is 0.0800. The van der Waals surface area contributed by atoms with Crippen molar-refractivity contribution in [1.82, 2.24) is 9.97 Å². The highest BCUT2D eigenvalue weighted by Gasteiger charge is 2.14. The van der Waals surface area contributed by atoms with Crippen LogP contribution in [0, 0.1) is 18.6 Å². The number of nitrogens with zero attached hydrogens (tertiary/aromatic N) is 2. The minimum atomic E-state index is -0.854. The van der Waals surface area contributed by atoms with Crippen molar-refractivity contribution >= 4 is 5.78 Å². The molecule has 0 N–H and O–H groups in total. The molecule has 2 aromatic heterocycles. The lowest BCUT2D eigenvalue weighted by Gasteiger charge is -2.10. The first-order chi connectivity index (χ1) is 14.5. The summed E-state index contributed by atoms with van der Waals surface area (Å²) in [6.07, 6.45) is 5.15. The molecule has 0 aliphatic carbocycles. The van der Waals surface area contributed by atoms with Crippen LogP contribution >= 0.6 is 0 Å². The predicted octanol–water partition coefficient (Wildman–Crippen LogP) is 5.82. The van der Waals surface area contributed by atoms with E-state index in [1.165, 1.54) is 6.07 Å². The van der Waals surface area contributed by atoms with Crippen LogP contribution in [0.25, 0.3) is 22.4 Å². The molecule has 0 unspecified atom stereocenters. The summed E-state index contributed by atoms with van der Waals surface area (Å²) in [4.78, 5) is 21.0. The van der Waals surface area contributed by atoms with E-state index in [0.717, 1.165) is 34.0 Å². The fourth-order valence-electron chi connectivity index (χ4n) is 3.30. The molecule has 0 radical (unpaired) electrons. The first kappa shape index (κ1) is 19.6. The highest BCUT2D eigenvalue weighted by Crippen LogP contribution is 2.28. The second-order valence-electron chi connectivity index (χ2n) is 7.05. The number of ketones is 1. The van der Waals surface area contributed by atoms with E-state index in [9.17, 15) is 13.6 Å². The molecule has 2 heterocycles. The second-order valence-corrected chi connectivity index (χ2v) is 7.05. The van der Waals surface area contributed by atoms with Gasteiger partial charge < -0.3 is 0 Å². The van der Waals surface area contributed by atoms with E-state index in [2.05, 4.69) is 16.0 Å². The smallest absolute Gasteiger partial charge is 0.170 e. The van der Waals surface area contributed by atoms with E-state index >= 15 is 0 Å². The van der Waals surface area contributed by atoms with Gasteiger partial charge in [0.1, 0.15) is 11.6 Å². The maximum atomic E-state index is 13.8. The van der Waals surface area contributed by atoms with E-state index < -0.39 is 17.4 Å². The number of carbonyl (C=O) groups is 1. The zero-order valence-electron chi connectivity index (χ0n) is 16.3. The van der Waals surface area contributed by atoms with Crippen molar-refractivity contribution in [2.24, 2.45) is 0 Å². The molecule has 0 spiro atoms. The molecule has 0 saturated heterocycles. The number of halogens is 2. The molecular weight excluding hydrogens is 382 g/mol. The SMILES string of the molecule is Cc1ccc(-c2cccnc2)cc1-c1ccc(CC(=O)c2ccc(F)cc2F)cn1. The maximum Gasteiger partial charge on any atom is 0.170 e. The van der Waals surface area contributed by atoms with Gasteiger partial charge in [-0.25, -0.2) is 8.78 Å². The summed E-state index contributed by atoms with van der Waals surface area (Å²) in [5.74, 6) is -1.98. The number of Topliss-reactive ketones (excluding diaryl/α,β-unsaturated/α-hetero) is 1. The average molecular weight is 400 g/mol. The zero-order chi connectivity index (χ0) is 21.1. The standard InChI is InChI=1S/C25H18F2N2O/c1-16-4-6-18(19-3-2-10-28-15-19)12-22(16)24-9-5-17(14-29-24)11-25(30)21-8-7-20(26)13-23(21)27/h2-10,12-15H,11H2,1H3. The van der Waals surface area contributed by atoms with E-state index in [1.54, 1.807) is 18.5 Å². The van der Waals surface area contributed by atoms with Gasteiger partial charge in [0.2, 0.25) is 0 Å². The molecule has 0 atom stereocenters. The van der Waals surface area contributed by atoms with Gasteiger partial charge in [0.25, 0.3) is 0 Å². The molecule has 148 valence electrons. The van der Waals surface area contributed by atoms with Crippen LogP contribution in [0.1, 0.15) is 21.5 Å². The number of aryl methyl sites for hydroxylation is 1. The van der Waals surface area contributed by atoms with Crippen molar-refractivity contribution in [3.8, 4) is 22.4 Å². The molecule has 5 heteroatoms. The average Bonchev–Trinajstić information content (AvgIpc) is 2.75. The number of benzene rings is 2. The summed E-state index contributed by atoms with van der Waals surface area (Å²) in [5.41, 5.74) is 5.43. The van der Waals surface area contributed by atoms with Gasteiger partial charge in [0.05, 0.1) is 11.3 Å². The Morgan fingerprint density at radius 1 is 0.933 bits per heavy atom. The molecule has 4 aromatic rings. The Labute approximate surface area is 173 Å². The first-order valence-electron chi connectivity index (χ1n) is 9.46. The molecular formula is C25H18F2N2O. The number of hydrogen-bond donors (Lipinski definition) is 0. The third kappa shape index (κ3) is 4.15. The zero-order valence-corrected chi connectivity index (χ0v) is 16.3. The second kappa shape index (κ2) is 8.33. The third-order valence-electron chi connectivity index (χ3n) is 4.93. The topological polar surface area (TPSA) is 42.9 Å². The molecule has 0 fully saturated rings. The van der Waals surface area contributed by atoms with Gasteiger partial charge in [0, 0.05) is 42.2 Å². The Morgan fingerprint density at radius 2 is 1.80 bits per heavy atom. The van der Waals surface area contributed by atoms with Crippen LogP contribution in [0.4, 0.5) is 8.78 Å². The Kier molecular flexibility index (Phi) is 5.44. The fourth-order valence-corrected chi connectivity index (χ4v) is 3.30. The molecule has 2 aromatic carbocycles. The highest BCUT2D eigenvalue weighted by molar-refractivity contribution is 5.97. The van der Waals surface area contributed by atoms with Crippen LogP contribution in [0.2, 0.25) is 0 Å². The van der Waals surface area contributed by atoms with Crippen molar-refractivity contribution in [3.05, 3.63) is 108 Å². The number of hydrogen-bond acceptors (Lipinski definition) is 3. The minimum Gasteiger partial charge on any atom is -0.294 e. The predicted molar refractivity (Wildman–Crippen MR) is 112 cm³/mol. The van der Waals surface area contributed by atoms with E-state index in [-0.39, 0.29) is 12.0 Å². The van der Waals surface area contributed by atoms with Crippen LogP contribution in [-0.4, -0.2) is 15.8 Å². The van der Waals surface area contributed by atoms with Gasteiger partial charge in [-0.1, -0.05) is 24.3 Å². The van der Waals surface area contributed by atoms with Gasteiger partial charge in [-0.15, -0.1) is 0 Å². The van der Waals surface area contributed by atoms with Crippen LogP contribution in [0.5, 0.6) is 0 Å². The van der Waals surface area contributed by atoms with Crippen molar-refractivity contribution in [3.63, 3.8) is 0 Å². The number of carbonyl (C=O) groups excluding carboxylic acids is 1. The normalized spacial score (nSPS) is 10.8. The van der Waals surface area contributed by atoms with E-state index in [1.807, 2.05) is 43.5 Å². The Balaban J connectivity index is 1.57. The van der Waals surface area contributed by atoms with Crippen LogP contribution in [0.15, 0.2) is 79.3 Å². The molecule has 4 rings (SSSR count). The molecule has 0 saturated carbocycles. The Bertz CT molecular complexity index is 1210. The molecule has 0 aliphatic heterocycles. The van der Waals surface area contributed by atoms with Crippen LogP contribution in [-0.2, 0) is 6.42 Å². The number of aromatic nitrogens is 2. The molecule has 0 aliphatic rings. The Hall–Kier alpha value is -3.73. The molecule has 3 nitrogen and oxygen atoms in total. The quantitative estimate of drug-likeness (QED) is 0.396. The lowest BCUT2D eigenvalue weighted by Crippen LogP contribution is -2.07. The first-order valence-corrected chi connectivity index (χ1v) is 9.46. The lowest BCUT2D eigenvalue weighted by atomic mass is 9.98. The summed E-state index contributed by atoms with van der Waals surface area (Å²) in [6, 6.07) is 16.6. The summed E-state index contributed by atoms with van der Waals surface area (Å²) >= 11 is 0. The number of pyridine rings is 2. The number of rotatable bonds is 5. The highest BCUT2D eigenvalue weighted by atomic mass is 19.1. The van der Waals surface area contributed by atoms with Crippen molar-refractivity contribution in [1.29, 1.82) is 0 Å². The largest absolute Gasteiger partial charge is 0.294 e. The van der Waals surface area contributed by atoms with Crippen molar-refractivity contribution in [2.75, 3.05) is 0 Å². The summed E-state index contributed by atoms with van der Waals surface area (Å²) < 4.78 is 26.9. The summed E-state index contributed by atoms with van der Waals surface area (Å²) in [5, 5.41) is 0. The van der Waals surface area contributed by atoms with E-state index in [0.29, 0.717) is 11.6 Å². The summed E-state index contributed by atoms with van der Waals surface area (Å²) in [6.45, 7) is 2.01. The minimum absolute atomic E-state index is 0.00939. The monoisotopic (exact) mass is 400 g/mol. The van der Waals surface area contributed by atoms with Crippen LogP contribution in [0.3, 0.4) is 0 Å². The molecule has 0 bridgehead atoms. The third-order valence-corrected chi connectivity index (χ3v) is 4.93. The Morgan fingerprint density at radius 3 is 2.50 bits per heavy atom. The lowest BCUT2D eigenvalue weighted by molar-refractivity contribution is 0.0989. The summed E-state index contributed by atoms with van der Waals surface area (Å²) in [7, 11) is 0. The van der Waals surface area contributed by atoms with Gasteiger partial charge in [-0.3, -0.25) is 14.8 Å². The van der Waals surface area contributed by atoms with Crippen LogP contribution < -0.4 is 0 Å². The van der Waals surface area contributed by atoms with Gasteiger partial charge in [-0.05, 0) is 53.9 Å². The maximum absolute atomic E-state index is 13.8. The van der Waals surface area contributed by atoms with Crippen molar-refractivity contribution in [2.45, 2.75) is 13.3 Å². The van der Waals surface area contributed by atoms with Crippen molar-refractivity contribution < 1.29 is 13.6 Å².